The highest BCUT2D eigenvalue weighted by molar-refractivity contribution is 5.20. The van der Waals surface area contributed by atoms with Crippen LogP contribution in [0.2, 0.25) is 0 Å². The molecule has 1 aromatic heterocycles. The Kier molecular flexibility index (Phi) is 5.87. The molecule has 0 bridgehead atoms. The molecular formula is C24H28FN3. The lowest BCUT2D eigenvalue weighted by Crippen LogP contribution is -2.27. The van der Waals surface area contributed by atoms with Gasteiger partial charge in [0.2, 0.25) is 0 Å². The second kappa shape index (κ2) is 8.70. The average molecular weight is 378 g/mol. The molecule has 3 aromatic rings. The number of rotatable bonds is 7. The highest BCUT2D eigenvalue weighted by Crippen LogP contribution is 2.32. The first-order valence-electron chi connectivity index (χ1n) is 10.2. The highest BCUT2D eigenvalue weighted by Gasteiger charge is 2.29. The fourth-order valence-electron chi connectivity index (χ4n) is 4.24. The lowest BCUT2D eigenvalue weighted by Gasteiger charge is -2.25. The standard InChI is InChI=1S/C24H28FN3/c1-19-17-26-24(28(19)18-21-11-13-22(25)14-12-21)23-10-6-16-27(23)15-5-9-20-7-3-2-4-8-20/h2-4,7-8,11-14,17,23H,5-6,9-10,15-16,18H2,1H3. The molecule has 0 radical (unpaired) electrons. The van der Waals surface area contributed by atoms with E-state index >= 15 is 0 Å². The van der Waals surface area contributed by atoms with Crippen molar-refractivity contribution in [1.29, 1.82) is 0 Å². The van der Waals surface area contributed by atoms with E-state index in [0.717, 1.165) is 56.0 Å². The maximum Gasteiger partial charge on any atom is 0.126 e. The normalized spacial score (nSPS) is 17.3. The number of imidazole rings is 1. The van der Waals surface area contributed by atoms with Gasteiger partial charge in [-0.1, -0.05) is 42.5 Å². The van der Waals surface area contributed by atoms with Gasteiger partial charge in [0.15, 0.2) is 0 Å². The Balaban J connectivity index is 1.44. The second-order valence-corrected chi connectivity index (χ2v) is 7.75. The second-order valence-electron chi connectivity index (χ2n) is 7.75. The lowest BCUT2D eigenvalue weighted by atomic mass is 10.1. The van der Waals surface area contributed by atoms with Crippen LogP contribution in [0.25, 0.3) is 0 Å². The van der Waals surface area contributed by atoms with Crippen molar-refractivity contribution in [2.75, 3.05) is 13.1 Å². The SMILES string of the molecule is Cc1cnc(C2CCCN2CCCc2ccccc2)n1Cc1ccc(F)cc1. The number of hydrogen-bond acceptors (Lipinski definition) is 2. The number of likely N-dealkylation sites (tertiary alicyclic amines) is 1. The zero-order chi connectivity index (χ0) is 19.3. The molecule has 1 atom stereocenters. The molecule has 4 rings (SSSR count). The zero-order valence-electron chi connectivity index (χ0n) is 16.5. The summed E-state index contributed by atoms with van der Waals surface area (Å²) >= 11 is 0. The van der Waals surface area contributed by atoms with Crippen molar-refractivity contribution in [2.24, 2.45) is 0 Å². The van der Waals surface area contributed by atoms with Crippen LogP contribution in [0.4, 0.5) is 4.39 Å². The molecule has 0 saturated carbocycles. The molecule has 1 aliphatic rings. The molecule has 1 saturated heterocycles. The quantitative estimate of drug-likeness (QED) is 0.568. The van der Waals surface area contributed by atoms with Crippen molar-refractivity contribution < 1.29 is 4.39 Å². The summed E-state index contributed by atoms with van der Waals surface area (Å²) in [5, 5.41) is 0. The van der Waals surface area contributed by atoms with Crippen LogP contribution < -0.4 is 0 Å². The molecule has 0 spiro atoms. The predicted octanol–water partition coefficient (Wildman–Crippen LogP) is 5.15. The molecule has 0 aliphatic carbocycles. The van der Waals surface area contributed by atoms with Gasteiger partial charge in [-0.25, -0.2) is 9.37 Å². The highest BCUT2D eigenvalue weighted by atomic mass is 19.1. The van der Waals surface area contributed by atoms with Crippen molar-refractivity contribution in [2.45, 2.75) is 45.2 Å². The maximum absolute atomic E-state index is 13.2. The first-order chi connectivity index (χ1) is 13.7. The summed E-state index contributed by atoms with van der Waals surface area (Å²) in [6.07, 6.45) is 6.63. The van der Waals surface area contributed by atoms with Crippen LogP contribution in [0.3, 0.4) is 0 Å². The van der Waals surface area contributed by atoms with Gasteiger partial charge in [-0.05, 0) is 69.0 Å². The minimum absolute atomic E-state index is 0.188. The number of halogens is 1. The van der Waals surface area contributed by atoms with Crippen molar-refractivity contribution in [3.63, 3.8) is 0 Å². The van der Waals surface area contributed by atoms with Crippen molar-refractivity contribution >= 4 is 0 Å². The molecule has 1 aliphatic heterocycles. The van der Waals surface area contributed by atoms with Gasteiger partial charge >= 0.3 is 0 Å². The Bertz CT molecular complexity index is 886. The van der Waals surface area contributed by atoms with Crippen LogP contribution in [0.1, 0.15) is 47.9 Å². The molecule has 4 heteroatoms. The first kappa shape index (κ1) is 18.9. The van der Waals surface area contributed by atoms with Crippen LogP contribution in [-0.4, -0.2) is 27.5 Å². The van der Waals surface area contributed by atoms with Crippen LogP contribution in [0.15, 0.2) is 60.8 Å². The van der Waals surface area contributed by atoms with Gasteiger partial charge in [-0.2, -0.15) is 0 Å². The van der Waals surface area contributed by atoms with E-state index in [1.54, 1.807) is 0 Å². The monoisotopic (exact) mass is 377 g/mol. The maximum atomic E-state index is 13.2. The van der Waals surface area contributed by atoms with E-state index in [4.69, 9.17) is 4.98 Å². The molecule has 146 valence electrons. The smallest absolute Gasteiger partial charge is 0.126 e. The fraction of sp³-hybridized carbons (Fsp3) is 0.375. The van der Waals surface area contributed by atoms with E-state index in [-0.39, 0.29) is 5.82 Å². The summed E-state index contributed by atoms with van der Waals surface area (Å²) in [5.41, 5.74) is 3.68. The van der Waals surface area contributed by atoms with Crippen molar-refractivity contribution in [3.8, 4) is 0 Å². The molecule has 2 heterocycles. The molecular weight excluding hydrogens is 349 g/mol. The van der Waals surface area contributed by atoms with Crippen LogP contribution >= 0.6 is 0 Å². The van der Waals surface area contributed by atoms with E-state index in [2.05, 4.69) is 46.7 Å². The lowest BCUT2D eigenvalue weighted by molar-refractivity contribution is 0.241. The first-order valence-corrected chi connectivity index (χ1v) is 10.2. The summed E-state index contributed by atoms with van der Waals surface area (Å²) in [4.78, 5) is 7.36. The summed E-state index contributed by atoms with van der Waals surface area (Å²) in [6.45, 7) is 5.09. The third kappa shape index (κ3) is 4.33. The number of aryl methyl sites for hydroxylation is 2. The predicted molar refractivity (Wildman–Crippen MR) is 111 cm³/mol. The molecule has 1 unspecified atom stereocenters. The van der Waals surface area contributed by atoms with Gasteiger partial charge in [0.1, 0.15) is 11.6 Å². The number of benzene rings is 2. The largest absolute Gasteiger partial charge is 0.327 e. The number of nitrogens with zero attached hydrogens (tertiary/aromatic N) is 3. The Morgan fingerprint density at radius 1 is 1.04 bits per heavy atom. The van der Waals surface area contributed by atoms with E-state index in [9.17, 15) is 4.39 Å². The topological polar surface area (TPSA) is 21.1 Å². The Labute approximate surface area is 166 Å². The van der Waals surface area contributed by atoms with Gasteiger partial charge in [0, 0.05) is 18.4 Å². The molecule has 0 amide bonds. The average Bonchev–Trinajstić information content (AvgIpc) is 3.31. The van der Waals surface area contributed by atoms with E-state index in [1.807, 2.05) is 18.3 Å². The molecule has 2 aromatic carbocycles. The van der Waals surface area contributed by atoms with Crippen LogP contribution in [0, 0.1) is 12.7 Å². The van der Waals surface area contributed by atoms with E-state index in [0.29, 0.717) is 6.04 Å². The molecule has 3 nitrogen and oxygen atoms in total. The summed E-state index contributed by atoms with van der Waals surface area (Å²) in [7, 11) is 0. The van der Waals surface area contributed by atoms with Gasteiger partial charge in [0.05, 0.1) is 6.04 Å². The number of hydrogen-bond donors (Lipinski definition) is 0. The van der Waals surface area contributed by atoms with Gasteiger partial charge < -0.3 is 4.57 Å². The van der Waals surface area contributed by atoms with Crippen molar-refractivity contribution in [3.05, 3.63) is 89.3 Å². The summed E-state index contributed by atoms with van der Waals surface area (Å²) in [5.74, 6) is 0.964. The minimum Gasteiger partial charge on any atom is -0.327 e. The molecule has 28 heavy (non-hydrogen) atoms. The Morgan fingerprint density at radius 3 is 2.61 bits per heavy atom. The zero-order valence-corrected chi connectivity index (χ0v) is 16.5. The number of aromatic nitrogens is 2. The molecule has 0 N–H and O–H groups in total. The van der Waals surface area contributed by atoms with E-state index in [1.165, 1.54) is 24.1 Å². The Morgan fingerprint density at radius 2 is 1.82 bits per heavy atom. The third-order valence-electron chi connectivity index (χ3n) is 5.76. The molecule has 1 fully saturated rings. The summed E-state index contributed by atoms with van der Waals surface area (Å²) in [6, 6.07) is 17.9. The van der Waals surface area contributed by atoms with Crippen LogP contribution in [-0.2, 0) is 13.0 Å². The van der Waals surface area contributed by atoms with Gasteiger partial charge in [0.25, 0.3) is 0 Å². The fourth-order valence-corrected chi connectivity index (χ4v) is 4.24. The Hall–Kier alpha value is -2.46. The van der Waals surface area contributed by atoms with Crippen LogP contribution in [0.5, 0.6) is 0 Å². The van der Waals surface area contributed by atoms with Gasteiger partial charge in [-0.15, -0.1) is 0 Å². The van der Waals surface area contributed by atoms with Gasteiger partial charge in [-0.3, -0.25) is 4.90 Å². The van der Waals surface area contributed by atoms with E-state index < -0.39 is 0 Å². The van der Waals surface area contributed by atoms with Crippen molar-refractivity contribution in [1.82, 2.24) is 14.5 Å². The minimum atomic E-state index is -0.188. The third-order valence-corrected chi connectivity index (χ3v) is 5.76. The summed E-state index contributed by atoms with van der Waals surface area (Å²) < 4.78 is 15.5.